The van der Waals surface area contributed by atoms with Crippen LogP contribution in [-0.2, 0) is 7.05 Å². The van der Waals surface area contributed by atoms with Gasteiger partial charge in [-0.05, 0) is 20.0 Å². The van der Waals surface area contributed by atoms with E-state index in [-0.39, 0.29) is 0 Å². The Hall–Kier alpha value is -1.03. The number of likely N-dealkylation sites (N-methyl/N-ethyl adjacent to an activating group) is 1. The molecule has 0 radical (unpaired) electrons. The van der Waals surface area contributed by atoms with E-state index in [0.29, 0.717) is 6.04 Å². The van der Waals surface area contributed by atoms with Gasteiger partial charge in [0.15, 0.2) is 0 Å². The molecule has 2 rings (SSSR count). The molecule has 1 aromatic heterocycles. The predicted molar refractivity (Wildman–Crippen MR) is 52.7 cm³/mol. The molecule has 0 unspecified atom stereocenters. The van der Waals surface area contributed by atoms with Crippen molar-refractivity contribution in [2.24, 2.45) is 7.05 Å². The van der Waals surface area contributed by atoms with E-state index in [0.717, 1.165) is 12.2 Å². The molecule has 1 aliphatic rings. The number of anilines is 1. The third-order valence-corrected chi connectivity index (χ3v) is 2.47. The smallest absolute Gasteiger partial charge is 0.0728 e. The van der Waals surface area contributed by atoms with Crippen LogP contribution >= 0.6 is 0 Å². The highest BCUT2D eigenvalue weighted by atomic mass is 15.3. The summed E-state index contributed by atoms with van der Waals surface area (Å²) in [5.74, 6) is 0. The second-order valence-corrected chi connectivity index (χ2v) is 3.79. The van der Waals surface area contributed by atoms with Gasteiger partial charge in [-0.25, -0.2) is 0 Å². The molecule has 0 saturated carbocycles. The number of hydrogen-bond donors (Lipinski definition) is 1. The second-order valence-electron chi connectivity index (χ2n) is 3.79. The van der Waals surface area contributed by atoms with Crippen molar-refractivity contribution in [3.8, 4) is 0 Å². The first-order valence-corrected chi connectivity index (χ1v) is 4.68. The highest BCUT2D eigenvalue weighted by Crippen LogP contribution is 2.13. The zero-order chi connectivity index (χ0) is 9.26. The van der Waals surface area contributed by atoms with Crippen molar-refractivity contribution in [3.63, 3.8) is 0 Å². The summed E-state index contributed by atoms with van der Waals surface area (Å²) in [4.78, 5) is 2.34. The minimum Gasteiger partial charge on any atom is -0.378 e. The van der Waals surface area contributed by atoms with Gasteiger partial charge in [0.05, 0.1) is 11.9 Å². The van der Waals surface area contributed by atoms with Crippen LogP contribution in [0.25, 0.3) is 0 Å². The first-order chi connectivity index (χ1) is 6.24. The number of aryl methyl sites for hydroxylation is 1. The normalized spacial score (nSPS) is 23.7. The molecule has 13 heavy (non-hydrogen) atoms. The Morgan fingerprint density at radius 1 is 1.54 bits per heavy atom. The third kappa shape index (κ3) is 2.01. The minimum absolute atomic E-state index is 0.592. The van der Waals surface area contributed by atoms with Crippen LogP contribution < -0.4 is 5.32 Å². The van der Waals surface area contributed by atoms with E-state index in [4.69, 9.17) is 0 Å². The quantitative estimate of drug-likeness (QED) is 0.721. The molecule has 4 nitrogen and oxygen atoms in total. The lowest BCUT2D eigenvalue weighted by atomic mass is 10.2. The van der Waals surface area contributed by atoms with Crippen molar-refractivity contribution in [2.45, 2.75) is 12.5 Å². The van der Waals surface area contributed by atoms with Gasteiger partial charge in [-0.15, -0.1) is 0 Å². The first-order valence-electron chi connectivity index (χ1n) is 4.68. The number of hydrogen-bond acceptors (Lipinski definition) is 3. The number of likely N-dealkylation sites (tertiary alicyclic amines) is 1. The van der Waals surface area contributed by atoms with Gasteiger partial charge >= 0.3 is 0 Å². The van der Waals surface area contributed by atoms with Crippen LogP contribution in [0.3, 0.4) is 0 Å². The Labute approximate surface area is 78.5 Å². The molecule has 72 valence electrons. The fourth-order valence-electron chi connectivity index (χ4n) is 1.78. The van der Waals surface area contributed by atoms with Crippen LogP contribution in [0.1, 0.15) is 6.42 Å². The van der Waals surface area contributed by atoms with Crippen molar-refractivity contribution in [1.29, 1.82) is 0 Å². The Balaban J connectivity index is 1.91. The maximum atomic E-state index is 4.12. The van der Waals surface area contributed by atoms with Crippen LogP contribution in [0.15, 0.2) is 12.4 Å². The molecule has 0 aromatic carbocycles. The molecule has 4 heteroatoms. The summed E-state index contributed by atoms with van der Waals surface area (Å²) in [6.45, 7) is 2.33. The summed E-state index contributed by atoms with van der Waals surface area (Å²) in [7, 11) is 4.09. The monoisotopic (exact) mass is 180 g/mol. The largest absolute Gasteiger partial charge is 0.378 e. The Kier molecular flexibility index (Phi) is 2.22. The summed E-state index contributed by atoms with van der Waals surface area (Å²) in [5, 5.41) is 7.59. The van der Waals surface area contributed by atoms with Crippen molar-refractivity contribution in [3.05, 3.63) is 12.4 Å². The molecule has 1 aliphatic heterocycles. The lowest BCUT2D eigenvalue weighted by Crippen LogP contribution is -2.23. The van der Waals surface area contributed by atoms with Crippen LogP contribution in [0, 0.1) is 0 Å². The van der Waals surface area contributed by atoms with Crippen molar-refractivity contribution < 1.29 is 0 Å². The lowest BCUT2D eigenvalue weighted by Gasteiger charge is -2.11. The van der Waals surface area contributed by atoms with Crippen LogP contribution in [-0.4, -0.2) is 40.9 Å². The van der Waals surface area contributed by atoms with Gasteiger partial charge in [-0.1, -0.05) is 0 Å². The average molecular weight is 180 g/mol. The van der Waals surface area contributed by atoms with Gasteiger partial charge < -0.3 is 10.2 Å². The van der Waals surface area contributed by atoms with E-state index in [2.05, 4.69) is 22.4 Å². The molecular formula is C9H16N4. The van der Waals surface area contributed by atoms with E-state index >= 15 is 0 Å². The molecular weight excluding hydrogens is 164 g/mol. The standard InChI is InChI=1S/C9H16N4/c1-12-4-3-8(6-12)11-9-5-10-13(2)7-9/h5,7-8,11H,3-4,6H2,1-2H3/t8-/m0/s1. The lowest BCUT2D eigenvalue weighted by molar-refractivity contribution is 0.414. The third-order valence-electron chi connectivity index (χ3n) is 2.47. The van der Waals surface area contributed by atoms with E-state index in [9.17, 15) is 0 Å². The van der Waals surface area contributed by atoms with Gasteiger partial charge in [-0.2, -0.15) is 5.10 Å². The molecule has 2 heterocycles. The molecule has 0 aliphatic carbocycles. The van der Waals surface area contributed by atoms with E-state index in [1.165, 1.54) is 13.0 Å². The predicted octanol–water partition coefficient (Wildman–Crippen LogP) is 0.536. The number of nitrogens with zero attached hydrogens (tertiary/aromatic N) is 3. The van der Waals surface area contributed by atoms with Crippen LogP contribution in [0.5, 0.6) is 0 Å². The van der Waals surface area contributed by atoms with Crippen molar-refractivity contribution in [2.75, 3.05) is 25.5 Å². The molecule has 0 spiro atoms. The van der Waals surface area contributed by atoms with Crippen molar-refractivity contribution >= 4 is 5.69 Å². The molecule has 1 aromatic rings. The average Bonchev–Trinajstić information content (AvgIpc) is 2.62. The van der Waals surface area contributed by atoms with Crippen LogP contribution in [0.4, 0.5) is 5.69 Å². The van der Waals surface area contributed by atoms with Gasteiger partial charge in [0.1, 0.15) is 0 Å². The maximum absolute atomic E-state index is 4.12. The summed E-state index contributed by atoms with van der Waals surface area (Å²) in [6, 6.07) is 0.592. The van der Waals surface area contributed by atoms with E-state index in [1.54, 1.807) is 0 Å². The van der Waals surface area contributed by atoms with E-state index < -0.39 is 0 Å². The Bertz CT molecular complexity index is 281. The van der Waals surface area contributed by atoms with E-state index in [1.807, 2.05) is 24.1 Å². The van der Waals surface area contributed by atoms with Gasteiger partial charge in [-0.3, -0.25) is 4.68 Å². The van der Waals surface area contributed by atoms with Gasteiger partial charge in [0.25, 0.3) is 0 Å². The highest BCUT2D eigenvalue weighted by Gasteiger charge is 2.18. The summed E-state index contributed by atoms with van der Waals surface area (Å²) < 4.78 is 1.82. The maximum Gasteiger partial charge on any atom is 0.0728 e. The highest BCUT2D eigenvalue weighted by molar-refractivity contribution is 5.39. The minimum atomic E-state index is 0.592. The fourth-order valence-corrected chi connectivity index (χ4v) is 1.78. The summed E-state index contributed by atoms with van der Waals surface area (Å²) in [5.41, 5.74) is 1.13. The summed E-state index contributed by atoms with van der Waals surface area (Å²) >= 11 is 0. The molecule has 1 fully saturated rings. The van der Waals surface area contributed by atoms with Gasteiger partial charge in [0.2, 0.25) is 0 Å². The molecule has 1 N–H and O–H groups in total. The number of aromatic nitrogens is 2. The summed E-state index contributed by atoms with van der Waals surface area (Å²) in [6.07, 6.45) is 5.11. The Morgan fingerprint density at radius 2 is 2.38 bits per heavy atom. The molecule has 0 bridgehead atoms. The number of nitrogens with one attached hydrogen (secondary N) is 1. The zero-order valence-corrected chi connectivity index (χ0v) is 8.20. The van der Waals surface area contributed by atoms with Crippen LogP contribution in [0.2, 0.25) is 0 Å². The molecule has 1 atom stereocenters. The molecule has 1 saturated heterocycles. The Morgan fingerprint density at radius 3 is 2.92 bits per heavy atom. The number of rotatable bonds is 2. The molecule has 0 amide bonds. The van der Waals surface area contributed by atoms with Gasteiger partial charge in [0, 0.05) is 25.8 Å². The first kappa shape index (κ1) is 8.56. The van der Waals surface area contributed by atoms with Crippen molar-refractivity contribution in [1.82, 2.24) is 14.7 Å². The fraction of sp³-hybridized carbons (Fsp3) is 0.667. The zero-order valence-electron chi connectivity index (χ0n) is 8.20. The topological polar surface area (TPSA) is 33.1 Å². The second kappa shape index (κ2) is 3.38. The SMILES string of the molecule is CN1CC[C@H](Nc2cnn(C)c2)C1.